The lowest BCUT2D eigenvalue weighted by Gasteiger charge is -2.23. The first-order valence-electron chi connectivity index (χ1n) is 5.73. The summed E-state index contributed by atoms with van der Waals surface area (Å²) in [6.07, 6.45) is -0.0788. The lowest BCUT2D eigenvalue weighted by atomic mass is 10.2. The minimum absolute atomic E-state index is 0.0498. The summed E-state index contributed by atoms with van der Waals surface area (Å²) in [6.45, 7) is 2.45. The smallest absolute Gasteiger partial charge is 0.254 e. The molecule has 1 saturated heterocycles. The number of nitrogens with one attached hydrogen (secondary N) is 2. The van der Waals surface area contributed by atoms with Gasteiger partial charge in [-0.2, -0.15) is 0 Å². The third-order valence-corrected chi connectivity index (χ3v) is 2.98. The van der Waals surface area contributed by atoms with Gasteiger partial charge in [0.15, 0.2) is 5.82 Å². The molecule has 4 nitrogen and oxygen atoms in total. The summed E-state index contributed by atoms with van der Waals surface area (Å²) >= 11 is 5.62. The highest BCUT2D eigenvalue weighted by Crippen LogP contribution is 2.17. The van der Waals surface area contributed by atoms with E-state index < -0.39 is 11.7 Å². The number of carbonyl (C=O) groups is 1. The van der Waals surface area contributed by atoms with Crippen molar-refractivity contribution < 1.29 is 13.9 Å². The topological polar surface area (TPSA) is 50.4 Å². The van der Waals surface area contributed by atoms with Crippen molar-refractivity contribution >= 4 is 17.5 Å². The van der Waals surface area contributed by atoms with Crippen molar-refractivity contribution in [3.05, 3.63) is 34.6 Å². The molecule has 6 heteroatoms. The molecule has 1 aromatic rings. The third-order valence-electron chi connectivity index (χ3n) is 2.69. The highest BCUT2D eigenvalue weighted by molar-refractivity contribution is 6.31. The molecular weight excluding hydrogens is 259 g/mol. The monoisotopic (exact) mass is 272 g/mol. The molecule has 2 rings (SSSR count). The highest BCUT2D eigenvalue weighted by Gasteiger charge is 2.17. The largest absolute Gasteiger partial charge is 0.374 e. The van der Waals surface area contributed by atoms with Crippen LogP contribution in [0.25, 0.3) is 0 Å². The Labute approximate surface area is 109 Å². The molecule has 1 heterocycles. The zero-order valence-electron chi connectivity index (χ0n) is 9.71. The number of hydrogen-bond acceptors (Lipinski definition) is 3. The van der Waals surface area contributed by atoms with Gasteiger partial charge in [-0.1, -0.05) is 17.7 Å². The molecule has 0 spiro atoms. The van der Waals surface area contributed by atoms with E-state index in [0.29, 0.717) is 19.7 Å². The summed E-state index contributed by atoms with van der Waals surface area (Å²) < 4.78 is 19.0. The SMILES string of the molecule is O=C(NCC1CNCCO1)c1cccc(Cl)c1F. The molecule has 0 aliphatic carbocycles. The quantitative estimate of drug-likeness (QED) is 0.869. The van der Waals surface area contributed by atoms with Crippen molar-refractivity contribution in [2.45, 2.75) is 6.10 Å². The number of morpholine rings is 1. The van der Waals surface area contributed by atoms with Gasteiger partial charge in [0.05, 0.1) is 23.3 Å². The van der Waals surface area contributed by atoms with Crippen LogP contribution in [-0.4, -0.2) is 38.3 Å². The molecule has 0 bridgehead atoms. The van der Waals surface area contributed by atoms with Crippen LogP contribution in [0.1, 0.15) is 10.4 Å². The Bertz CT molecular complexity index is 436. The maximum Gasteiger partial charge on any atom is 0.254 e. The summed E-state index contributed by atoms with van der Waals surface area (Å²) in [5.74, 6) is -1.18. The predicted molar refractivity (Wildman–Crippen MR) is 66.4 cm³/mol. The average molecular weight is 273 g/mol. The van der Waals surface area contributed by atoms with Crippen molar-refractivity contribution in [2.75, 3.05) is 26.2 Å². The fourth-order valence-corrected chi connectivity index (χ4v) is 1.91. The molecule has 1 fully saturated rings. The molecular formula is C12H14ClFN2O2. The Morgan fingerprint density at radius 3 is 3.17 bits per heavy atom. The Hall–Kier alpha value is -1.17. The van der Waals surface area contributed by atoms with Crippen molar-refractivity contribution in [1.82, 2.24) is 10.6 Å². The van der Waals surface area contributed by atoms with Gasteiger partial charge in [-0.25, -0.2) is 4.39 Å². The second-order valence-corrected chi connectivity index (χ2v) is 4.42. The van der Waals surface area contributed by atoms with E-state index in [1.54, 1.807) is 6.07 Å². The minimum atomic E-state index is -0.695. The average Bonchev–Trinajstić information content (AvgIpc) is 2.40. The molecule has 0 radical (unpaired) electrons. The Morgan fingerprint density at radius 1 is 1.61 bits per heavy atom. The number of amides is 1. The fraction of sp³-hybridized carbons (Fsp3) is 0.417. The maximum absolute atomic E-state index is 13.6. The Morgan fingerprint density at radius 2 is 2.44 bits per heavy atom. The van der Waals surface area contributed by atoms with Crippen molar-refractivity contribution in [3.8, 4) is 0 Å². The molecule has 1 aromatic carbocycles. The van der Waals surface area contributed by atoms with Gasteiger partial charge in [0.2, 0.25) is 0 Å². The summed E-state index contributed by atoms with van der Waals surface area (Å²) in [4.78, 5) is 11.8. The second kappa shape index (κ2) is 6.13. The summed E-state index contributed by atoms with van der Waals surface area (Å²) in [5, 5.41) is 5.72. The second-order valence-electron chi connectivity index (χ2n) is 4.01. The number of carbonyl (C=O) groups excluding carboxylic acids is 1. The van der Waals surface area contributed by atoms with Crippen LogP contribution in [-0.2, 0) is 4.74 Å². The van der Waals surface area contributed by atoms with E-state index in [2.05, 4.69) is 10.6 Å². The van der Waals surface area contributed by atoms with Gasteiger partial charge in [-0.3, -0.25) is 4.79 Å². The van der Waals surface area contributed by atoms with E-state index in [9.17, 15) is 9.18 Å². The normalized spacial score (nSPS) is 19.6. The molecule has 1 aliphatic heterocycles. The molecule has 98 valence electrons. The molecule has 0 saturated carbocycles. The van der Waals surface area contributed by atoms with E-state index in [4.69, 9.17) is 16.3 Å². The first kappa shape index (κ1) is 13.3. The standard InChI is InChI=1S/C12H14ClFN2O2/c13-10-3-1-2-9(11(10)14)12(17)16-7-8-6-15-4-5-18-8/h1-3,8,15H,4-7H2,(H,16,17). The van der Waals surface area contributed by atoms with Crippen LogP contribution in [0, 0.1) is 5.82 Å². The lowest BCUT2D eigenvalue weighted by molar-refractivity contribution is 0.0287. The molecule has 1 atom stereocenters. The lowest BCUT2D eigenvalue weighted by Crippen LogP contribution is -2.45. The minimum Gasteiger partial charge on any atom is -0.374 e. The van der Waals surface area contributed by atoms with Crippen LogP contribution >= 0.6 is 11.6 Å². The number of halogens is 2. The van der Waals surface area contributed by atoms with Crippen molar-refractivity contribution in [1.29, 1.82) is 0 Å². The van der Waals surface area contributed by atoms with Gasteiger partial charge in [0, 0.05) is 19.6 Å². The van der Waals surface area contributed by atoms with Crippen LogP contribution in [0.15, 0.2) is 18.2 Å². The zero-order chi connectivity index (χ0) is 13.0. The van der Waals surface area contributed by atoms with Crippen LogP contribution in [0.5, 0.6) is 0 Å². The first-order valence-corrected chi connectivity index (χ1v) is 6.11. The first-order chi connectivity index (χ1) is 8.68. The van der Waals surface area contributed by atoms with E-state index in [-0.39, 0.29) is 16.7 Å². The number of benzene rings is 1. The van der Waals surface area contributed by atoms with Gasteiger partial charge in [-0.05, 0) is 12.1 Å². The molecule has 2 N–H and O–H groups in total. The van der Waals surface area contributed by atoms with Gasteiger partial charge in [0.1, 0.15) is 0 Å². The molecule has 1 unspecified atom stereocenters. The van der Waals surface area contributed by atoms with Crippen LogP contribution < -0.4 is 10.6 Å². The third kappa shape index (κ3) is 3.19. The van der Waals surface area contributed by atoms with Crippen LogP contribution in [0.4, 0.5) is 4.39 Å². The number of rotatable bonds is 3. The van der Waals surface area contributed by atoms with Gasteiger partial charge < -0.3 is 15.4 Å². The van der Waals surface area contributed by atoms with E-state index >= 15 is 0 Å². The molecule has 18 heavy (non-hydrogen) atoms. The van der Waals surface area contributed by atoms with Crippen LogP contribution in [0.3, 0.4) is 0 Å². The summed E-state index contributed by atoms with van der Waals surface area (Å²) in [6, 6.07) is 4.34. The number of ether oxygens (including phenoxy) is 1. The molecule has 0 aromatic heterocycles. The van der Waals surface area contributed by atoms with Crippen molar-refractivity contribution in [3.63, 3.8) is 0 Å². The predicted octanol–water partition coefficient (Wildman–Crippen LogP) is 1.20. The van der Waals surface area contributed by atoms with Crippen LogP contribution in [0.2, 0.25) is 5.02 Å². The summed E-state index contributed by atoms with van der Waals surface area (Å²) in [7, 11) is 0. The zero-order valence-corrected chi connectivity index (χ0v) is 10.5. The highest BCUT2D eigenvalue weighted by atomic mass is 35.5. The maximum atomic E-state index is 13.6. The van der Waals surface area contributed by atoms with Gasteiger partial charge in [-0.15, -0.1) is 0 Å². The molecule has 1 amide bonds. The Balaban J connectivity index is 1.93. The van der Waals surface area contributed by atoms with E-state index in [0.717, 1.165) is 6.54 Å². The van der Waals surface area contributed by atoms with E-state index in [1.807, 2.05) is 0 Å². The van der Waals surface area contributed by atoms with Crippen molar-refractivity contribution in [2.24, 2.45) is 0 Å². The summed E-state index contributed by atoms with van der Waals surface area (Å²) in [5.41, 5.74) is -0.0498. The Kier molecular flexibility index (Phi) is 4.52. The van der Waals surface area contributed by atoms with Gasteiger partial charge in [0.25, 0.3) is 5.91 Å². The molecule has 1 aliphatic rings. The fourth-order valence-electron chi connectivity index (χ4n) is 1.73. The number of hydrogen-bond donors (Lipinski definition) is 2. The van der Waals surface area contributed by atoms with E-state index in [1.165, 1.54) is 12.1 Å². The van der Waals surface area contributed by atoms with Gasteiger partial charge >= 0.3 is 0 Å².